The topological polar surface area (TPSA) is 38.3 Å². The number of carbonyl (C=O) groups excluding carboxylic acids is 1. The molecule has 2 heterocycles. The normalized spacial score (nSPS) is 31.4. The fraction of sp³-hybridized carbons (Fsp3) is 0.500. The van der Waals surface area contributed by atoms with Gasteiger partial charge < -0.3 is 10.1 Å². The second kappa shape index (κ2) is 4.34. The van der Waals surface area contributed by atoms with Gasteiger partial charge in [0.2, 0.25) is 0 Å². The van der Waals surface area contributed by atoms with Crippen LogP contribution in [-0.4, -0.2) is 25.0 Å². The molecule has 0 radical (unpaired) electrons. The average Bonchev–Trinajstić information content (AvgIpc) is 2.35. The van der Waals surface area contributed by atoms with E-state index in [1.807, 2.05) is 12.1 Å². The highest BCUT2D eigenvalue weighted by Gasteiger charge is 2.43. The van der Waals surface area contributed by atoms with Crippen LogP contribution in [0.3, 0.4) is 0 Å². The Morgan fingerprint density at radius 2 is 2.33 bits per heavy atom. The van der Waals surface area contributed by atoms with Gasteiger partial charge in [-0.25, -0.2) is 0 Å². The Hall–Kier alpha value is -0.900. The number of rotatable bonds is 0. The molecule has 0 unspecified atom stereocenters. The van der Waals surface area contributed by atoms with E-state index in [9.17, 15) is 4.79 Å². The lowest BCUT2D eigenvalue weighted by atomic mass is 9.77. The molecule has 1 aromatic carbocycles. The van der Waals surface area contributed by atoms with Crippen LogP contribution >= 0.6 is 11.6 Å². The van der Waals surface area contributed by atoms with Crippen molar-refractivity contribution in [2.24, 2.45) is 0 Å². The molecule has 2 atom stereocenters. The fourth-order valence-electron chi connectivity index (χ4n) is 3.06. The van der Waals surface area contributed by atoms with Gasteiger partial charge in [-0.3, -0.25) is 4.79 Å². The third-order valence-corrected chi connectivity index (χ3v) is 4.15. The predicted molar refractivity (Wildman–Crippen MR) is 70.1 cm³/mol. The number of halogens is 1. The van der Waals surface area contributed by atoms with Crippen LogP contribution in [0.1, 0.15) is 35.7 Å². The molecule has 0 saturated carbocycles. The van der Waals surface area contributed by atoms with E-state index < -0.39 is 0 Å². The second-order valence-electron chi connectivity index (χ2n) is 5.21. The molecule has 96 valence electrons. The maximum absolute atomic E-state index is 11.9. The van der Waals surface area contributed by atoms with Crippen molar-refractivity contribution in [3.8, 4) is 0 Å². The van der Waals surface area contributed by atoms with Crippen molar-refractivity contribution < 1.29 is 9.53 Å². The van der Waals surface area contributed by atoms with Crippen molar-refractivity contribution in [1.29, 1.82) is 0 Å². The van der Waals surface area contributed by atoms with Crippen molar-refractivity contribution in [3.63, 3.8) is 0 Å². The van der Waals surface area contributed by atoms with Crippen LogP contribution in [0.15, 0.2) is 18.2 Å². The molecule has 4 heteroatoms. The van der Waals surface area contributed by atoms with E-state index in [2.05, 4.69) is 12.2 Å². The van der Waals surface area contributed by atoms with Gasteiger partial charge in [0.05, 0.1) is 5.60 Å². The Balaban J connectivity index is 2.11. The lowest BCUT2D eigenvalue weighted by Crippen LogP contribution is -2.49. The first-order valence-corrected chi connectivity index (χ1v) is 6.69. The molecule has 1 N–H and O–H groups in total. The van der Waals surface area contributed by atoms with Crippen molar-refractivity contribution in [3.05, 3.63) is 34.3 Å². The SMILES string of the molecule is C[C@H]1C[C@@]2(CCN1)OCC(=O)c1ccc(Cl)cc12. The molecule has 18 heavy (non-hydrogen) atoms. The number of hydrogen-bond donors (Lipinski definition) is 1. The minimum Gasteiger partial charge on any atom is -0.362 e. The lowest BCUT2D eigenvalue weighted by molar-refractivity contribution is -0.0762. The number of hydrogen-bond acceptors (Lipinski definition) is 3. The Kier molecular flexibility index (Phi) is 2.93. The monoisotopic (exact) mass is 265 g/mol. The van der Waals surface area contributed by atoms with E-state index in [0.717, 1.165) is 30.5 Å². The van der Waals surface area contributed by atoms with Gasteiger partial charge in [-0.05, 0) is 50.1 Å². The zero-order valence-corrected chi connectivity index (χ0v) is 11.1. The van der Waals surface area contributed by atoms with Crippen molar-refractivity contribution in [2.75, 3.05) is 13.2 Å². The molecule has 1 saturated heterocycles. The Morgan fingerprint density at radius 3 is 3.11 bits per heavy atom. The van der Waals surface area contributed by atoms with Crippen LogP contribution in [0.25, 0.3) is 0 Å². The van der Waals surface area contributed by atoms with Crippen LogP contribution < -0.4 is 5.32 Å². The standard InChI is InChI=1S/C14H16ClNO2/c1-9-7-14(4-5-16-9)12-6-10(15)2-3-11(12)13(17)8-18-14/h2-3,6,9,16H,4-5,7-8H2,1H3/t9-,14+/m0/s1. The van der Waals surface area contributed by atoms with Crippen molar-refractivity contribution in [1.82, 2.24) is 5.32 Å². The molecule has 0 aliphatic carbocycles. The van der Waals surface area contributed by atoms with E-state index in [-0.39, 0.29) is 18.0 Å². The van der Waals surface area contributed by atoms with Gasteiger partial charge in [0.15, 0.2) is 5.78 Å². The molecule has 1 spiro atoms. The van der Waals surface area contributed by atoms with Crippen LogP contribution in [0.4, 0.5) is 0 Å². The molecule has 1 fully saturated rings. The fourth-order valence-corrected chi connectivity index (χ4v) is 3.23. The lowest BCUT2D eigenvalue weighted by Gasteiger charge is -2.43. The summed E-state index contributed by atoms with van der Waals surface area (Å²) in [5, 5.41) is 4.08. The number of benzene rings is 1. The molecule has 2 aliphatic rings. The summed E-state index contributed by atoms with van der Waals surface area (Å²) in [4.78, 5) is 11.9. The van der Waals surface area contributed by atoms with Crippen LogP contribution in [0, 0.1) is 0 Å². The molecule has 0 aromatic heterocycles. The maximum atomic E-state index is 11.9. The minimum atomic E-state index is -0.335. The molecular formula is C14H16ClNO2. The van der Waals surface area contributed by atoms with Crippen LogP contribution in [-0.2, 0) is 10.3 Å². The van der Waals surface area contributed by atoms with Crippen LogP contribution in [0.2, 0.25) is 5.02 Å². The number of ether oxygens (including phenoxy) is 1. The van der Waals surface area contributed by atoms with Gasteiger partial charge in [-0.15, -0.1) is 0 Å². The van der Waals surface area contributed by atoms with Gasteiger partial charge in [0.25, 0.3) is 0 Å². The van der Waals surface area contributed by atoms with Gasteiger partial charge in [0.1, 0.15) is 6.61 Å². The summed E-state index contributed by atoms with van der Waals surface area (Å²) < 4.78 is 5.92. The third kappa shape index (κ3) is 1.87. The summed E-state index contributed by atoms with van der Waals surface area (Å²) in [6.07, 6.45) is 1.77. The number of piperidine rings is 1. The highest BCUT2D eigenvalue weighted by molar-refractivity contribution is 6.30. The van der Waals surface area contributed by atoms with Gasteiger partial charge in [0, 0.05) is 16.6 Å². The quantitative estimate of drug-likeness (QED) is 0.783. The first-order chi connectivity index (χ1) is 8.61. The number of nitrogens with one attached hydrogen (secondary N) is 1. The van der Waals surface area contributed by atoms with Crippen molar-refractivity contribution in [2.45, 2.75) is 31.4 Å². The summed E-state index contributed by atoms with van der Waals surface area (Å²) in [7, 11) is 0. The summed E-state index contributed by atoms with van der Waals surface area (Å²) >= 11 is 6.08. The molecule has 0 amide bonds. The highest BCUT2D eigenvalue weighted by Crippen LogP contribution is 2.42. The van der Waals surface area contributed by atoms with E-state index in [1.54, 1.807) is 6.07 Å². The number of fused-ring (bicyclic) bond motifs is 2. The largest absolute Gasteiger partial charge is 0.362 e. The zero-order chi connectivity index (χ0) is 12.8. The van der Waals surface area contributed by atoms with Gasteiger partial charge in [-0.1, -0.05) is 11.6 Å². The molecule has 2 aliphatic heterocycles. The van der Waals surface area contributed by atoms with E-state index in [4.69, 9.17) is 16.3 Å². The van der Waals surface area contributed by atoms with E-state index in [1.165, 1.54) is 0 Å². The molecule has 1 aromatic rings. The Morgan fingerprint density at radius 1 is 1.50 bits per heavy atom. The number of Topliss-reactive ketones (excluding diaryl/α,β-unsaturated/α-hetero) is 1. The molecule has 3 nitrogen and oxygen atoms in total. The second-order valence-corrected chi connectivity index (χ2v) is 5.64. The summed E-state index contributed by atoms with van der Waals surface area (Å²) in [6, 6.07) is 5.89. The average molecular weight is 266 g/mol. The maximum Gasteiger partial charge on any atom is 0.188 e. The first-order valence-electron chi connectivity index (χ1n) is 6.31. The number of carbonyl (C=O) groups is 1. The van der Waals surface area contributed by atoms with Gasteiger partial charge in [-0.2, -0.15) is 0 Å². The Bertz CT molecular complexity index is 503. The summed E-state index contributed by atoms with van der Waals surface area (Å²) in [5.74, 6) is 0.0541. The third-order valence-electron chi connectivity index (χ3n) is 3.91. The predicted octanol–water partition coefficient (Wildman–Crippen LogP) is 2.52. The summed E-state index contributed by atoms with van der Waals surface area (Å²) in [6.45, 7) is 3.23. The van der Waals surface area contributed by atoms with E-state index in [0.29, 0.717) is 11.1 Å². The molecular weight excluding hydrogens is 250 g/mol. The first kappa shape index (κ1) is 12.2. The van der Waals surface area contributed by atoms with Gasteiger partial charge >= 0.3 is 0 Å². The highest BCUT2D eigenvalue weighted by atomic mass is 35.5. The molecule has 3 rings (SSSR count). The Labute approximate surface area is 111 Å². The van der Waals surface area contributed by atoms with Crippen LogP contribution in [0.5, 0.6) is 0 Å². The minimum absolute atomic E-state index is 0.0541. The molecule has 0 bridgehead atoms. The number of ketones is 1. The zero-order valence-electron chi connectivity index (χ0n) is 10.3. The van der Waals surface area contributed by atoms with Crippen molar-refractivity contribution >= 4 is 17.4 Å². The smallest absolute Gasteiger partial charge is 0.188 e. The summed E-state index contributed by atoms with van der Waals surface area (Å²) in [5.41, 5.74) is 1.41. The van der Waals surface area contributed by atoms with E-state index >= 15 is 0 Å².